The highest BCUT2D eigenvalue weighted by Gasteiger charge is 2.29. The van der Waals surface area contributed by atoms with E-state index in [1.165, 1.54) is 10.6 Å². The predicted molar refractivity (Wildman–Crippen MR) is 114 cm³/mol. The second kappa shape index (κ2) is 8.55. The van der Waals surface area contributed by atoms with Crippen LogP contribution < -0.4 is 15.7 Å². The molecule has 1 aliphatic rings. The molecule has 2 N–H and O–H groups in total. The zero-order valence-corrected chi connectivity index (χ0v) is 17.9. The standard InChI is InChI=1S/C22H22ClFN4O3/c1-12-7-19(31-11-20-26-27-22(30)28(20)2)16(9-17(12)23)15-8-13(3-6-18(15)24)10-25-21(29)14-4-5-14/h3,6-9,14H,4-5,10-11H2,1-2H3,(H,25,29)(H,27,30). The molecule has 162 valence electrons. The van der Waals surface area contributed by atoms with Crippen LogP contribution in [0.1, 0.15) is 29.8 Å². The second-order valence-corrected chi connectivity index (χ2v) is 8.10. The number of carbonyl (C=O) groups is 1. The third kappa shape index (κ3) is 4.64. The van der Waals surface area contributed by atoms with Gasteiger partial charge in [-0.05, 0) is 55.2 Å². The molecule has 0 atom stereocenters. The third-order valence-corrected chi connectivity index (χ3v) is 5.73. The third-order valence-electron chi connectivity index (χ3n) is 5.33. The largest absolute Gasteiger partial charge is 0.485 e. The minimum atomic E-state index is -0.436. The van der Waals surface area contributed by atoms with E-state index in [-0.39, 0.29) is 24.1 Å². The van der Waals surface area contributed by atoms with E-state index in [0.717, 1.165) is 24.0 Å². The van der Waals surface area contributed by atoms with Crippen molar-refractivity contribution >= 4 is 17.5 Å². The Kier molecular flexibility index (Phi) is 5.82. The van der Waals surface area contributed by atoms with Crippen LogP contribution in [0.25, 0.3) is 11.1 Å². The van der Waals surface area contributed by atoms with E-state index in [0.29, 0.717) is 34.3 Å². The van der Waals surface area contributed by atoms with Gasteiger partial charge in [0.2, 0.25) is 5.91 Å². The molecular weight excluding hydrogens is 423 g/mol. The number of nitrogens with zero attached hydrogens (tertiary/aromatic N) is 2. The molecule has 1 amide bonds. The molecule has 31 heavy (non-hydrogen) atoms. The van der Waals surface area contributed by atoms with Crippen molar-refractivity contribution in [3.63, 3.8) is 0 Å². The number of benzene rings is 2. The molecule has 0 saturated heterocycles. The summed E-state index contributed by atoms with van der Waals surface area (Å²) in [4.78, 5) is 23.5. The summed E-state index contributed by atoms with van der Waals surface area (Å²) in [5.41, 5.74) is 1.97. The van der Waals surface area contributed by atoms with Crippen molar-refractivity contribution in [2.75, 3.05) is 0 Å². The number of aromatic amines is 1. The number of H-pyrrole nitrogens is 1. The van der Waals surface area contributed by atoms with E-state index in [9.17, 15) is 14.0 Å². The van der Waals surface area contributed by atoms with E-state index >= 15 is 0 Å². The molecule has 0 spiro atoms. The van der Waals surface area contributed by atoms with Crippen molar-refractivity contribution in [2.24, 2.45) is 13.0 Å². The number of rotatable bonds is 7. The lowest BCUT2D eigenvalue weighted by Gasteiger charge is -2.15. The smallest absolute Gasteiger partial charge is 0.343 e. The molecule has 0 bridgehead atoms. The molecule has 0 unspecified atom stereocenters. The Bertz CT molecular complexity index is 1200. The van der Waals surface area contributed by atoms with Gasteiger partial charge in [0.15, 0.2) is 5.82 Å². The molecule has 1 aliphatic carbocycles. The van der Waals surface area contributed by atoms with E-state index in [1.54, 1.807) is 31.3 Å². The van der Waals surface area contributed by atoms with Gasteiger partial charge in [-0.1, -0.05) is 17.7 Å². The first-order valence-corrected chi connectivity index (χ1v) is 10.3. The first-order chi connectivity index (χ1) is 14.8. The number of nitrogens with one attached hydrogen (secondary N) is 2. The summed E-state index contributed by atoms with van der Waals surface area (Å²) in [5.74, 6) is 0.511. The Morgan fingerprint density at radius 3 is 2.77 bits per heavy atom. The molecule has 1 heterocycles. The monoisotopic (exact) mass is 444 g/mol. The molecule has 1 saturated carbocycles. The Labute approximate surface area is 183 Å². The second-order valence-electron chi connectivity index (χ2n) is 7.70. The molecule has 9 heteroatoms. The van der Waals surface area contributed by atoms with Gasteiger partial charge in [-0.3, -0.25) is 9.36 Å². The van der Waals surface area contributed by atoms with Gasteiger partial charge in [0.05, 0.1) is 0 Å². The first kappa shape index (κ1) is 21.1. The van der Waals surface area contributed by atoms with Gasteiger partial charge in [-0.2, -0.15) is 5.10 Å². The lowest BCUT2D eigenvalue weighted by Crippen LogP contribution is -2.24. The maximum Gasteiger partial charge on any atom is 0.343 e. The molecule has 2 aromatic carbocycles. The molecular formula is C22H22ClFN4O3. The summed E-state index contributed by atoms with van der Waals surface area (Å²) in [6, 6.07) is 8.07. The summed E-state index contributed by atoms with van der Waals surface area (Å²) in [6.45, 7) is 2.15. The highest BCUT2D eigenvalue weighted by molar-refractivity contribution is 6.31. The number of halogens is 2. The van der Waals surface area contributed by atoms with Gasteiger partial charge in [0.25, 0.3) is 0 Å². The number of ether oxygens (including phenoxy) is 1. The quantitative estimate of drug-likeness (QED) is 0.584. The van der Waals surface area contributed by atoms with Crippen LogP contribution in [-0.2, 0) is 25.0 Å². The van der Waals surface area contributed by atoms with Crippen molar-refractivity contribution in [1.29, 1.82) is 0 Å². The van der Waals surface area contributed by atoms with E-state index in [4.69, 9.17) is 16.3 Å². The van der Waals surface area contributed by atoms with Crippen molar-refractivity contribution in [3.05, 3.63) is 68.6 Å². The van der Waals surface area contributed by atoms with Crippen LogP contribution in [0.4, 0.5) is 4.39 Å². The lowest BCUT2D eigenvalue weighted by atomic mass is 10.00. The van der Waals surface area contributed by atoms with E-state index < -0.39 is 5.82 Å². The van der Waals surface area contributed by atoms with Crippen LogP contribution in [0.2, 0.25) is 5.02 Å². The molecule has 1 aromatic heterocycles. The Morgan fingerprint density at radius 1 is 1.32 bits per heavy atom. The zero-order valence-electron chi connectivity index (χ0n) is 17.2. The summed E-state index contributed by atoms with van der Waals surface area (Å²) in [6.07, 6.45) is 1.84. The normalized spacial score (nSPS) is 13.3. The van der Waals surface area contributed by atoms with Gasteiger partial charge >= 0.3 is 5.69 Å². The van der Waals surface area contributed by atoms with Crippen LogP contribution in [0.5, 0.6) is 5.75 Å². The van der Waals surface area contributed by atoms with E-state index in [1.807, 2.05) is 6.92 Å². The van der Waals surface area contributed by atoms with Crippen molar-refractivity contribution in [1.82, 2.24) is 20.1 Å². The average molecular weight is 445 g/mol. The zero-order chi connectivity index (χ0) is 22.1. The SMILES string of the molecule is Cc1cc(OCc2n[nH]c(=O)n2C)c(-c2cc(CNC(=O)C3CC3)ccc2F)cc1Cl. The lowest BCUT2D eigenvalue weighted by molar-refractivity contribution is -0.122. The van der Waals surface area contributed by atoms with Gasteiger partial charge in [0.1, 0.15) is 18.2 Å². The fourth-order valence-electron chi connectivity index (χ4n) is 3.20. The van der Waals surface area contributed by atoms with Gasteiger partial charge in [-0.15, -0.1) is 0 Å². The van der Waals surface area contributed by atoms with Gasteiger partial charge in [0, 0.05) is 35.7 Å². The fraction of sp³-hybridized carbons (Fsp3) is 0.318. The maximum atomic E-state index is 14.8. The highest BCUT2D eigenvalue weighted by Crippen LogP contribution is 2.37. The Balaban J connectivity index is 1.63. The Morgan fingerprint density at radius 2 is 2.10 bits per heavy atom. The number of carbonyl (C=O) groups excluding carboxylic acids is 1. The summed E-state index contributed by atoms with van der Waals surface area (Å²) < 4.78 is 22.0. The first-order valence-electron chi connectivity index (χ1n) is 9.93. The van der Waals surface area contributed by atoms with Crippen LogP contribution in [-0.4, -0.2) is 20.7 Å². The highest BCUT2D eigenvalue weighted by atomic mass is 35.5. The molecule has 1 fully saturated rings. The molecule has 7 nitrogen and oxygen atoms in total. The van der Waals surface area contributed by atoms with Crippen LogP contribution in [0.3, 0.4) is 0 Å². The number of hydrogen-bond acceptors (Lipinski definition) is 4. The number of hydrogen-bond donors (Lipinski definition) is 2. The number of amides is 1. The molecule has 0 aliphatic heterocycles. The topological polar surface area (TPSA) is 89.0 Å². The van der Waals surface area contributed by atoms with Crippen molar-refractivity contribution in [3.8, 4) is 16.9 Å². The van der Waals surface area contributed by atoms with Crippen LogP contribution in [0.15, 0.2) is 35.1 Å². The summed E-state index contributed by atoms with van der Waals surface area (Å²) >= 11 is 6.32. The molecule has 0 radical (unpaired) electrons. The fourth-order valence-corrected chi connectivity index (χ4v) is 3.37. The van der Waals surface area contributed by atoms with Gasteiger partial charge in [-0.25, -0.2) is 14.3 Å². The Hall–Kier alpha value is -3.13. The minimum Gasteiger partial charge on any atom is -0.485 e. The average Bonchev–Trinajstić information content (AvgIpc) is 3.55. The number of aromatic nitrogens is 3. The predicted octanol–water partition coefficient (Wildman–Crippen LogP) is 3.48. The van der Waals surface area contributed by atoms with Crippen LogP contribution in [0, 0.1) is 18.7 Å². The minimum absolute atomic E-state index is 0.0159. The van der Waals surface area contributed by atoms with E-state index in [2.05, 4.69) is 15.5 Å². The molecule has 4 rings (SSSR count). The van der Waals surface area contributed by atoms with Gasteiger partial charge < -0.3 is 10.1 Å². The van der Waals surface area contributed by atoms with Crippen molar-refractivity contribution < 1.29 is 13.9 Å². The number of aryl methyl sites for hydroxylation is 1. The summed E-state index contributed by atoms with van der Waals surface area (Å²) in [5, 5.41) is 9.64. The van der Waals surface area contributed by atoms with Crippen molar-refractivity contribution in [2.45, 2.75) is 32.9 Å². The maximum absolute atomic E-state index is 14.8. The van der Waals surface area contributed by atoms with Crippen LogP contribution >= 0.6 is 11.6 Å². The summed E-state index contributed by atoms with van der Waals surface area (Å²) in [7, 11) is 1.58. The molecule has 3 aromatic rings.